The molecule has 7 nitrogen and oxygen atoms in total. The first-order valence-corrected chi connectivity index (χ1v) is 12.1. The van der Waals surface area contributed by atoms with Crippen LogP contribution in [-0.4, -0.2) is 29.4 Å². The Morgan fingerprint density at radius 2 is 2.03 bits per heavy atom. The van der Waals surface area contributed by atoms with Crippen molar-refractivity contribution in [2.45, 2.75) is 19.9 Å². The number of hydrogen-bond acceptors (Lipinski definition) is 7. The van der Waals surface area contributed by atoms with E-state index in [-0.39, 0.29) is 11.3 Å². The number of carbonyl (C=O) groups is 1. The van der Waals surface area contributed by atoms with Crippen molar-refractivity contribution in [1.29, 1.82) is 0 Å². The van der Waals surface area contributed by atoms with Gasteiger partial charge in [-0.1, -0.05) is 41.7 Å². The van der Waals surface area contributed by atoms with Gasteiger partial charge in [0.15, 0.2) is 16.3 Å². The maximum absolute atomic E-state index is 13.6. The van der Waals surface area contributed by atoms with E-state index in [1.807, 2.05) is 59.8 Å². The van der Waals surface area contributed by atoms with Gasteiger partial charge in [0.1, 0.15) is 0 Å². The molecule has 0 aliphatic carbocycles. The molecule has 1 aliphatic heterocycles. The average Bonchev–Trinajstić information content (AvgIpc) is 3.10. The van der Waals surface area contributed by atoms with Crippen LogP contribution in [0.5, 0.6) is 11.5 Å². The van der Waals surface area contributed by atoms with Gasteiger partial charge >= 0.3 is 5.97 Å². The fourth-order valence-electron chi connectivity index (χ4n) is 3.74. The molecule has 170 valence electrons. The standard InChI is InChI=1S/C24H21IN2O5S/c1-4-32-17-11-14(10-16(25)21(17)28)12-18-22(29)27-20(15-8-6-5-7-9-15)19(23(30)31-3)13(2)26-24(27)33-18/h5-12,20,28H,4H2,1-3H3. The number of carbonyl (C=O) groups excluding carboxylic acids is 1. The van der Waals surface area contributed by atoms with E-state index in [0.29, 0.717) is 42.1 Å². The van der Waals surface area contributed by atoms with Crippen molar-refractivity contribution in [1.82, 2.24) is 4.57 Å². The van der Waals surface area contributed by atoms with Gasteiger partial charge in [0.2, 0.25) is 0 Å². The van der Waals surface area contributed by atoms with Crippen molar-refractivity contribution in [2.24, 2.45) is 4.99 Å². The molecule has 4 rings (SSSR count). The molecular weight excluding hydrogens is 555 g/mol. The van der Waals surface area contributed by atoms with Crippen LogP contribution in [0.2, 0.25) is 0 Å². The summed E-state index contributed by atoms with van der Waals surface area (Å²) in [5.74, 6) is -0.0956. The number of phenolic OH excluding ortho intramolecular Hbond substituents is 1. The molecule has 0 radical (unpaired) electrons. The third kappa shape index (κ3) is 4.34. The van der Waals surface area contributed by atoms with Crippen LogP contribution in [0.3, 0.4) is 0 Å². The molecule has 0 saturated heterocycles. The summed E-state index contributed by atoms with van der Waals surface area (Å²) >= 11 is 3.27. The summed E-state index contributed by atoms with van der Waals surface area (Å²) in [5.41, 5.74) is 2.09. The minimum atomic E-state index is -0.643. The van der Waals surface area contributed by atoms with Crippen molar-refractivity contribution >= 4 is 46.0 Å². The second kappa shape index (κ2) is 9.52. The van der Waals surface area contributed by atoms with Gasteiger partial charge in [-0.25, -0.2) is 9.79 Å². The molecular formula is C24H21IN2O5S. The minimum Gasteiger partial charge on any atom is -0.504 e. The lowest BCUT2D eigenvalue weighted by molar-refractivity contribution is -0.136. The number of thiazole rings is 1. The van der Waals surface area contributed by atoms with Gasteiger partial charge in [0.25, 0.3) is 5.56 Å². The summed E-state index contributed by atoms with van der Waals surface area (Å²) in [6, 6.07) is 12.2. The summed E-state index contributed by atoms with van der Waals surface area (Å²) in [6.45, 7) is 3.99. The summed E-state index contributed by atoms with van der Waals surface area (Å²) in [6.07, 6.45) is 1.74. The first-order chi connectivity index (χ1) is 15.8. The van der Waals surface area contributed by atoms with E-state index in [1.165, 1.54) is 18.4 Å². The molecule has 1 N–H and O–H groups in total. The molecule has 1 unspecified atom stereocenters. The van der Waals surface area contributed by atoms with Gasteiger partial charge in [-0.3, -0.25) is 9.36 Å². The number of aromatic nitrogens is 1. The maximum atomic E-state index is 13.6. The molecule has 9 heteroatoms. The molecule has 1 aromatic heterocycles. The van der Waals surface area contributed by atoms with Gasteiger partial charge in [0, 0.05) is 0 Å². The number of hydrogen-bond donors (Lipinski definition) is 1. The van der Waals surface area contributed by atoms with Crippen molar-refractivity contribution in [3.63, 3.8) is 0 Å². The van der Waals surface area contributed by atoms with Crippen LogP contribution in [0.15, 0.2) is 63.5 Å². The molecule has 0 fully saturated rings. The monoisotopic (exact) mass is 576 g/mol. The number of methoxy groups -OCH3 is 1. The van der Waals surface area contributed by atoms with E-state index in [4.69, 9.17) is 9.47 Å². The molecule has 2 heterocycles. The first-order valence-electron chi connectivity index (χ1n) is 10.2. The zero-order valence-corrected chi connectivity index (χ0v) is 21.1. The third-order valence-electron chi connectivity index (χ3n) is 5.19. The molecule has 1 atom stereocenters. The number of nitrogens with zero attached hydrogens (tertiary/aromatic N) is 2. The normalized spacial score (nSPS) is 15.8. The van der Waals surface area contributed by atoms with Crippen LogP contribution in [0.4, 0.5) is 0 Å². The first kappa shape index (κ1) is 23.2. The maximum Gasteiger partial charge on any atom is 0.338 e. The Kier molecular flexibility index (Phi) is 6.71. The van der Waals surface area contributed by atoms with E-state index in [0.717, 1.165) is 5.56 Å². The minimum absolute atomic E-state index is 0.0680. The highest BCUT2D eigenvalue weighted by Crippen LogP contribution is 2.33. The number of benzene rings is 2. The number of esters is 1. The summed E-state index contributed by atoms with van der Waals surface area (Å²) in [4.78, 5) is 31.3. The summed E-state index contributed by atoms with van der Waals surface area (Å²) < 4.78 is 13.1. The highest BCUT2D eigenvalue weighted by Gasteiger charge is 2.32. The number of aromatic hydroxyl groups is 1. The van der Waals surface area contributed by atoms with Crippen LogP contribution in [0, 0.1) is 3.57 Å². The average molecular weight is 576 g/mol. The number of fused-ring (bicyclic) bond motifs is 1. The fraction of sp³-hybridized carbons (Fsp3) is 0.208. The molecule has 1 aliphatic rings. The molecule has 33 heavy (non-hydrogen) atoms. The molecule has 0 spiro atoms. The second-order valence-corrected chi connectivity index (χ2v) is 9.44. The van der Waals surface area contributed by atoms with Crippen molar-refractivity contribution in [3.05, 3.63) is 88.1 Å². The van der Waals surface area contributed by atoms with Crippen molar-refractivity contribution in [3.8, 4) is 11.5 Å². The number of halogens is 1. The Labute approximate surface area is 207 Å². The van der Waals surface area contributed by atoms with Gasteiger partial charge in [-0.15, -0.1) is 0 Å². The third-order valence-corrected chi connectivity index (χ3v) is 7.00. The van der Waals surface area contributed by atoms with E-state index in [2.05, 4.69) is 4.99 Å². The van der Waals surface area contributed by atoms with Gasteiger partial charge in [0.05, 0.1) is 39.1 Å². The highest BCUT2D eigenvalue weighted by molar-refractivity contribution is 14.1. The molecule has 3 aromatic rings. The SMILES string of the molecule is CCOc1cc(C=c2sc3n(c2=O)C(c2ccccc2)C(C(=O)OC)=C(C)N=3)cc(I)c1O. The number of ether oxygens (including phenoxy) is 2. The van der Waals surface area contributed by atoms with Crippen molar-refractivity contribution < 1.29 is 19.4 Å². The molecule has 2 aromatic carbocycles. The van der Waals surface area contributed by atoms with Crippen molar-refractivity contribution in [2.75, 3.05) is 13.7 Å². The molecule has 0 saturated carbocycles. The lowest BCUT2D eigenvalue weighted by atomic mass is 9.96. The van der Waals surface area contributed by atoms with Crippen LogP contribution in [-0.2, 0) is 9.53 Å². The second-order valence-electron chi connectivity index (χ2n) is 7.27. The Morgan fingerprint density at radius 1 is 1.30 bits per heavy atom. The lowest BCUT2D eigenvalue weighted by Gasteiger charge is -2.24. The van der Waals surface area contributed by atoms with Gasteiger partial charge in [-0.2, -0.15) is 0 Å². The lowest BCUT2D eigenvalue weighted by Crippen LogP contribution is -2.39. The zero-order chi connectivity index (χ0) is 23.7. The van der Waals surface area contributed by atoms with E-state index < -0.39 is 12.0 Å². The molecule has 0 bridgehead atoms. The fourth-order valence-corrected chi connectivity index (χ4v) is 5.41. The smallest absolute Gasteiger partial charge is 0.338 e. The number of phenols is 1. The number of rotatable bonds is 5. The van der Waals surface area contributed by atoms with Crippen LogP contribution >= 0.6 is 33.9 Å². The van der Waals surface area contributed by atoms with E-state index in [1.54, 1.807) is 29.7 Å². The predicted octanol–water partition coefficient (Wildman–Crippen LogP) is 3.12. The Balaban J connectivity index is 1.94. The Bertz CT molecular complexity index is 1440. The predicted molar refractivity (Wildman–Crippen MR) is 134 cm³/mol. The van der Waals surface area contributed by atoms with Crippen LogP contribution < -0.4 is 19.6 Å². The summed E-state index contributed by atoms with van der Waals surface area (Å²) in [7, 11) is 1.32. The van der Waals surface area contributed by atoms with E-state index in [9.17, 15) is 14.7 Å². The highest BCUT2D eigenvalue weighted by atomic mass is 127. The largest absolute Gasteiger partial charge is 0.504 e. The Morgan fingerprint density at radius 3 is 2.70 bits per heavy atom. The van der Waals surface area contributed by atoms with Gasteiger partial charge in [-0.05, 0) is 65.8 Å². The number of allylic oxidation sites excluding steroid dienone is 1. The zero-order valence-electron chi connectivity index (χ0n) is 18.2. The van der Waals surface area contributed by atoms with Crippen LogP contribution in [0.25, 0.3) is 6.08 Å². The molecule has 0 amide bonds. The Hall–Kier alpha value is -2.92. The van der Waals surface area contributed by atoms with E-state index >= 15 is 0 Å². The van der Waals surface area contributed by atoms with Gasteiger partial charge < -0.3 is 14.6 Å². The topological polar surface area (TPSA) is 90.1 Å². The van der Waals surface area contributed by atoms with Crippen LogP contribution in [0.1, 0.15) is 31.0 Å². The summed E-state index contributed by atoms with van der Waals surface area (Å²) in [5, 5.41) is 10.2. The quantitative estimate of drug-likeness (QED) is 0.373.